The van der Waals surface area contributed by atoms with Crippen LogP contribution in [0.2, 0.25) is 0 Å². The Hall–Kier alpha value is -3.55. The van der Waals surface area contributed by atoms with Gasteiger partial charge in [-0.25, -0.2) is 5.01 Å². The quantitative estimate of drug-likeness (QED) is 0.658. The maximum absolute atomic E-state index is 12.7. The van der Waals surface area contributed by atoms with E-state index in [1.165, 1.54) is 5.01 Å². The Morgan fingerprint density at radius 3 is 2.30 bits per heavy atom. The van der Waals surface area contributed by atoms with Gasteiger partial charge >= 0.3 is 0 Å². The number of carbonyl (C=O) groups excluding carboxylic acids is 2. The molecule has 1 aliphatic heterocycles. The molecule has 8 nitrogen and oxygen atoms in total. The van der Waals surface area contributed by atoms with Crippen LogP contribution in [0.4, 0.5) is 0 Å². The highest BCUT2D eigenvalue weighted by molar-refractivity contribution is 6.03. The fraction of sp³-hybridized carbons (Fsp3) is 0.318. The first-order valence-corrected chi connectivity index (χ1v) is 9.42. The summed E-state index contributed by atoms with van der Waals surface area (Å²) in [6.07, 6.45) is -0.0776. The maximum Gasteiger partial charge on any atom is 0.243 e. The van der Waals surface area contributed by atoms with E-state index in [0.717, 1.165) is 22.6 Å². The third-order valence-corrected chi connectivity index (χ3v) is 4.92. The van der Waals surface area contributed by atoms with Crippen LogP contribution in [0.15, 0.2) is 47.6 Å². The molecular weight excluding hydrogens is 388 g/mol. The lowest BCUT2D eigenvalue weighted by Gasteiger charge is -2.23. The van der Waals surface area contributed by atoms with Gasteiger partial charge in [0.1, 0.15) is 5.75 Å². The molecule has 0 fully saturated rings. The second-order valence-electron chi connectivity index (χ2n) is 6.72. The zero-order chi connectivity index (χ0) is 21.7. The van der Waals surface area contributed by atoms with Crippen molar-refractivity contribution < 1.29 is 28.9 Å². The van der Waals surface area contributed by atoms with Gasteiger partial charge in [0.15, 0.2) is 11.5 Å². The molecular formula is C22H23N2O6-. The highest BCUT2D eigenvalue weighted by atomic mass is 16.5. The molecule has 0 saturated carbocycles. The number of nitrogens with zero attached hydrogens (tertiary/aromatic N) is 2. The van der Waals surface area contributed by atoms with E-state index in [2.05, 4.69) is 5.10 Å². The van der Waals surface area contributed by atoms with Gasteiger partial charge in [0.05, 0.1) is 33.1 Å². The molecule has 2 aromatic carbocycles. The molecule has 0 radical (unpaired) electrons. The van der Waals surface area contributed by atoms with Crippen molar-refractivity contribution in [2.45, 2.75) is 25.3 Å². The number of hydrogen-bond donors (Lipinski definition) is 0. The van der Waals surface area contributed by atoms with Crippen LogP contribution in [0.5, 0.6) is 17.2 Å². The number of carboxylic acid groups (broad SMARTS) is 1. The largest absolute Gasteiger partial charge is 0.550 e. The fourth-order valence-electron chi connectivity index (χ4n) is 3.34. The minimum absolute atomic E-state index is 0.189. The van der Waals surface area contributed by atoms with E-state index in [1.807, 2.05) is 30.3 Å². The minimum atomic E-state index is -1.27. The van der Waals surface area contributed by atoms with Gasteiger partial charge in [-0.15, -0.1) is 0 Å². The summed E-state index contributed by atoms with van der Waals surface area (Å²) in [6.45, 7) is 0. The van der Waals surface area contributed by atoms with Gasteiger partial charge < -0.3 is 24.1 Å². The summed E-state index contributed by atoms with van der Waals surface area (Å²) in [5, 5.41) is 16.7. The summed E-state index contributed by atoms with van der Waals surface area (Å²) >= 11 is 0. The number of carboxylic acids is 1. The van der Waals surface area contributed by atoms with Crippen molar-refractivity contribution in [3.63, 3.8) is 0 Å². The fourth-order valence-corrected chi connectivity index (χ4v) is 3.34. The highest BCUT2D eigenvalue weighted by Gasteiger charge is 2.33. The van der Waals surface area contributed by atoms with Crippen LogP contribution in [-0.2, 0) is 9.59 Å². The zero-order valence-electron chi connectivity index (χ0n) is 17.1. The smallest absolute Gasteiger partial charge is 0.243 e. The Kier molecular flexibility index (Phi) is 6.56. The number of amides is 1. The average Bonchev–Trinajstić information content (AvgIpc) is 3.22. The van der Waals surface area contributed by atoms with Crippen molar-refractivity contribution >= 4 is 17.6 Å². The summed E-state index contributed by atoms with van der Waals surface area (Å²) in [5.41, 5.74) is 2.39. The molecule has 0 aliphatic carbocycles. The molecule has 0 bridgehead atoms. The van der Waals surface area contributed by atoms with Crippen LogP contribution >= 0.6 is 0 Å². The van der Waals surface area contributed by atoms with E-state index >= 15 is 0 Å². The molecule has 0 aromatic heterocycles. The topological polar surface area (TPSA) is 100 Å². The molecule has 0 spiro atoms. The zero-order valence-corrected chi connectivity index (χ0v) is 17.1. The molecule has 30 heavy (non-hydrogen) atoms. The van der Waals surface area contributed by atoms with Crippen molar-refractivity contribution in [3.8, 4) is 17.2 Å². The van der Waals surface area contributed by atoms with Crippen LogP contribution in [0, 0.1) is 0 Å². The Morgan fingerprint density at radius 2 is 1.70 bits per heavy atom. The van der Waals surface area contributed by atoms with E-state index in [1.54, 1.807) is 33.5 Å². The monoisotopic (exact) mass is 411 g/mol. The van der Waals surface area contributed by atoms with Gasteiger partial charge in [-0.3, -0.25) is 4.79 Å². The lowest BCUT2D eigenvalue weighted by atomic mass is 9.97. The molecule has 0 saturated heterocycles. The van der Waals surface area contributed by atoms with Crippen LogP contribution in [0.25, 0.3) is 0 Å². The van der Waals surface area contributed by atoms with E-state index in [9.17, 15) is 14.7 Å². The van der Waals surface area contributed by atoms with Crippen molar-refractivity contribution in [1.29, 1.82) is 0 Å². The van der Waals surface area contributed by atoms with Gasteiger partial charge in [0, 0.05) is 18.8 Å². The molecule has 1 atom stereocenters. The molecule has 1 amide bonds. The number of hydrogen-bond acceptors (Lipinski definition) is 7. The summed E-state index contributed by atoms with van der Waals surface area (Å²) in [6, 6.07) is 12.4. The molecule has 0 unspecified atom stereocenters. The van der Waals surface area contributed by atoms with Gasteiger partial charge in [-0.05, 0) is 53.9 Å². The SMILES string of the molecule is COc1ccc(C2=NN(C(=O)CCC(=O)[O-])[C@H](c3ccc(OC)c(OC)c3)C2)cc1. The maximum atomic E-state index is 12.7. The van der Waals surface area contributed by atoms with Crippen LogP contribution in [0.1, 0.15) is 36.4 Å². The number of methoxy groups -OCH3 is 3. The molecule has 2 aromatic rings. The van der Waals surface area contributed by atoms with Crippen molar-refractivity contribution in [3.05, 3.63) is 53.6 Å². The Morgan fingerprint density at radius 1 is 1.00 bits per heavy atom. The molecule has 1 aliphatic rings. The third kappa shape index (κ3) is 4.53. The molecule has 3 rings (SSSR count). The molecule has 158 valence electrons. The summed E-state index contributed by atoms with van der Waals surface area (Å²) in [7, 11) is 4.68. The molecule has 8 heteroatoms. The predicted molar refractivity (Wildman–Crippen MR) is 108 cm³/mol. The summed E-state index contributed by atoms with van der Waals surface area (Å²) in [4.78, 5) is 23.6. The third-order valence-electron chi connectivity index (χ3n) is 4.92. The van der Waals surface area contributed by atoms with Gasteiger partial charge in [-0.2, -0.15) is 5.10 Å². The normalized spacial score (nSPS) is 15.5. The molecule has 0 N–H and O–H groups in total. The number of ether oxygens (including phenoxy) is 3. The number of rotatable bonds is 8. The lowest BCUT2D eigenvalue weighted by Crippen LogP contribution is -2.29. The van der Waals surface area contributed by atoms with Gasteiger partial charge in [0.25, 0.3) is 0 Å². The first-order valence-electron chi connectivity index (χ1n) is 9.42. The van der Waals surface area contributed by atoms with E-state index < -0.39 is 12.0 Å². The lowest BCUT2D eigenvalue weighted by molar-refractivity contribution is -0.305. The average molecular weight is 411 g/mol. The standard InChI is InChI=1S/C22H24N2O6/c1-28-16-7-4-14(5-8-16)17-13-18(24(23-17)21(25)10-11-22(26)27)15-6-9-19(29-2)20(12-15)30-3/h4-9,12,18H,10-11,13H2,1-3H3,(H,26,27)/p-1/t18-/m0/s1. The van der Waals surface area contributed by atoms with Crippen LogP contribution in [0.3, 0.4) is 0 Å². The first kappa shape index (κ1) is 21.2. The number of hydrazone groups is 1. The van der Waals surface area contributed by atoms with Crippen LogP contribution in [-0.4, -0.2) is 43.9 Å². The number of aliphatic carboxylic acids is 1. The van der Waals surface area contributed by atoms with E-state index in [-0.39, 0.29) is 18.7 Å². The summed E-state index contributed by atoms with van der Waals surface area (Å²) in [5.74, 6) is 0.170. The number of benzene rings is 2. The summed E-state index contributed by atoms with van der Waals surface area (Å²) < 4.78 is 15.9. The second-order valence-corrected chi connectivity index (χ2v) is 6.72. The number of carbonyl (C=O) groups is 2. The van der Waals surface area contributed by atoms with E-state index in [0.29, 0.717) is 17.9 Å². The van der Waals surface area contributed by atoms with Crippen molar-refractivity contribution in [2.75, 3.05) is 21.3 Å². The molecule has 1 heterocycles. The van der Waals surface area contributed by atoms with Gasteiger partial charge in [0.2, 0.25) is 5.91 Å². The Balaban J connectivity index is 1.94. The van der Waals surface area contributed by atoms with Gasteiger partial charge in [-0.1, -0.05) is 6.07 Å². The first-order chi connectivity index (χ1) is 14.5. The Labute approximate surface area is 174 Å². The second kappa shape index (κ2) is 9.30. The van der Waals surface area contributed by atoms with E-state index in [4.69, 9.17) is 14.2 Å². The Bertz CT molecular complexity index is 955. The minimum Gasteiger partial charge on any atom is -0.550 e. The highest BCUT2D eigenvalue weighted by Crippen LogP contribution is 2.37. The van der Waals surface area contributed by atoms with Crippen molar-refractivity contribution in [2.24, 2.45) is 5.10 Å². The predicted octanol–water partition coefficient (Wildman–Crippen LogP) is 1.92. The van der Waals surface area contributed by atoms with Crippen LogP contribution < -0.4 is 19.3 Å². The van der Waals surface area contributed by atoms with Crippen molar-refractivity contribution in [1.82, 2.24) is 5.01 Å².